The van der Waals surface area contributed by atoms with Gasteiger partial charge in [-0.1, -0.05) is 29.8 Å². The number of halogens is 1. The third kappa shape index (κ3) is 5.86. The normalized spacial score (nSPS) is 11.0. The molecule has 6 nitrogen and oxygen atoms in total. The first-order valence-corrected chi connectivity index (χ1v) is 8.88. The summed E-state index contributed by atoms with van der Waals surface area (Å²) in [5, 5.41) is 11.5. The maximum atomic E-state index is 11.3. The molecule has 2 N–H and O–H groups in total. The maximum absolute atomic E-state index is 11.3. The molecule has 27 heavy (non-hydrogen) atoms. The number of rotatable bonds is 7. The van der Waals surface area contributed by atoms with Crippen molar-refractivity contribution in [2.45, 2.75) is 20.5 Å². The van der Waals surface area contributed by atoms with Crippen LogP contribution >= 0.6 is 15.9 Å². The molecule has 0 aliphatic rings. The van der Waals surface area contributed by atoms with Crippen molar-refractivity contribution in [3.63, 3.8) is 0 Å². The highest BCUT2D eigenvalue weighted by molar-refractivity contribution is 9.10. The van der Waals surface area contributed by atoms with E-state index in [0.29, 0.717) is 28.1 Å². The Kier molecular flexibility index (Phi) is 7.01. The van der Waals surface area contributed by atoms with E-state index < -0.39 is 11.9 Å². The van der Waals surface area contributed by atoms with Crippen LogP contribution in [-0.2, 0) is 16.2 Å². The summed E-state index contributed by atoms with van der Waals surface area (Å²) in [4.78, 5) is 22.4. The molecule has 0 bridgehead atoms. The van der Waals surface area contributed by atoms with Crippen LogP contribution in [-0.4, -0.2) is 24.1 Å². The Bertz CT molecular complexity index is 892. The molecule has 0 saturated carbocycles. The average Bonchev–Trinajstić information content (AvgIpc) is 2.59. The first-order valence-electron chi connectivity index (χ1n) is 8.08. The molecule has 0 aliphatic heterocycles. The van der Waals surface area contributed by atoms with E-state index in [1.165, 1.54) is 20.1 Å². The number of aliphatic carboxylic acids is 1. The zero-order valence-electron chi connectivity index (χ0n) is 15.2. The first-order chi connectivity index (χ1) is 12.8. The summed E-state index contributed by atoms with van der Waals surface area (Å²) in [7, 11) is 1.50. The van der Waals surface area contributed by atoms with Crippen molar-refractivity contribution in [1.29, 1.82) is 0 Å². The average molecular weight is 434 g/mol. The van der Waals surface area contributed by atoms with Gasteiger partial charge >= 0.3 is 5.97 Å². The summed E-state index contributed by atoms with van der Waals surface area (Å²) in [5.74, 6) is -0.753. The summed E-state index contributed by atoms with van der Waals surface area (Å²) in [5.41, 5.74) is 2.46. The summed E-state index contributed by atoms with van der Waals surface area (Å²) >= 11 is 3.44. The lowest BCUT2D eigenvalue weighted by atomic mass is 10.1. The fourth-order valence-corrected chi connectivity index (χ4v) is 3.00. The molecule has 142 valence electrons. The number of nitrogens with one attached hydrogen (secondary N) is 1. The van der Waals surface area contributed by atoms with Crippen LogP contribution in [0.1, 0.15) is 23.6 Å². The zero-order valence-corrected chi connectivity index (χ0v) is 16.8. The number of carbonyl (C=O) groups excluding carboxylic acids is 1. The van der Waals surface area contributed by atoms with Gasteiger partial charge in [-0.3, -0.25) is 4.79 Å². The number of carboxylic acids is 1. The summed E-state index contributed by atoms with van der Waals surface area (Å²) in [6.07, 6.45) is 1.35. The highest BCUT2D eigenvalue weighted by atomic mass is 79.9. The standard InChI is InChI=1S/C20H20BrNO5/c1-12-5-4-6-14(7-12)11-27-19-16(21)8-15(10-18(19)26-3)9-17(20(24)25)22-13(2)23/h4-10H,11H2,1-3H3,(H,22,23)(H,24,25)/b17-9+. The van der Waals surface area contributed by atoms with Crippen LogP contribution < -0.4 is 14.8 Å². The molecule has 7 heteroatoms. The molecule has 0 aliphatic carbocycles. The second-order valence-corrected chi connectivity index (χ2v) is 6.71. The maximum Gasteiger partial charge on any atom is 0.352 e. The van der Waals surface area contributed by atoms with Crippen molar-refractivity contribution < 1.29 is 24.2 Å². The zero-order chi connectivity index (χ0) is 20.0. The van der Waals surface area contributed by atoms with Crippen molar-refractivity contribution in [3.8, 4) is 11.5 Å². The van der Waals surface area contributed by atoms with E-state index >= 15 is 0 Å². The van der Waals surface area contributed by atoms with Gasteiger partial charge in [0.15, 0.2) is 11.5 Å². The first kappa shape index (κ1) is 20.5. The van der Waals surface area contributed by atoms with E-state index in [2.05, 4.69) is 21.2 Å². The molecule has 1 amide bonds. The third-order valence-electron chi connectivity index (χ3n) is 3.57. The number of hydrogen-bond donors (Lipinski definition) is 2. The van der Waals surface area contributed by atoms with Gasteiger partial charge in [-0.25, -0.2) is 4.79 Å². The number of methoxy groups -OCH3 is 1. The third-order valence-corrected chi connectivity index (χ3v) is 4.16. The van der Waals surface area contributed by atoms with Gasteiger partial charge in [0.2, 0.25) is 5.91 Å². The van der Waals surface area contributed by atoms with Crippen molar-refractivity contribution in [2.75, 3.05) is 7.11 Å². The predicted molar refractivity (Wildman–Crippen MR) is 106 cm³/mol. The molecule has 2 rings (SSSR count). The van der Waals surface area contributed by atoms with Crippen molar-refractivity contribution in [2.24, 2.45) is 0 Å². The Labute approximate surface area is 165 Å². The summed E-state index contributed by atoms with van der Waals surface area (Å²) in [6, 6.07) is 11.3. The molecule has 0 fully saturated rings. The monoisotopic (exact) mass is 433 g/mol. The Morgan fingerprint density at radius 2 is 2.00 bits per heavy atom. The minimum atomic E-state index is -1.24. The fraction of sp³-hybridized carbons (Fsp3) is 0.200. The van der Waals surface area contributed by atoms with Crippen LogP contribution in [0.15, 0.2) is 46.6 Å². The molecule has 0 saturated heterocycles. The van der Waals surface area contributed by atoms with Gasteiger partial charge in [0, 0.05) is 6.92 Å². The number of carboxylic acid groups (broad SMARTS) is 1. The number of aryl methyl sites for hydroxylation is 1. The fourth-order valence-electron chi connectivity index (χ4n) is 2.43. The van der Waals surface area contributed by atoms with Gasteiger partial charge in [0.25, 0.3) is 0 Å². The van der Waals surface area contributed by atoms with E-state index in [-0.39, 0.29) is 5.70 Å². The quantitative estimate of drug-likeness (QED) is 0.646. The lowest BCUT2D eigenvalue weighted by Crippen LogP contribution is -2.24. The molecule has 2 aromatic rings. The van der Waals surface area contributed by atoms with Gasteiger partial charge in [-0.05, 0) is 52.2 Å². The van der Waals surface area contributed by atoms with Crippen LogP contribution in [0.2, 0.25) is 0 Å². The summed E-state index contributed by atoms with van der Waals surface area (Å²) in [6.45, 7) is 3.61. The van der Waals surface area contributed by atoms with Crippen LogP contribution in [0.3, 0.4) is 0 Å². The molecular weight excluding hydrogens is 414 g/mol. The highest BCUT2D eigenvalue weighted by Gasteiger charge is 2.14. The van der Waals surface area contributed by atoms with E-state index in [1.54, 1.807) is 12.1 Å². The lowest BCUT2D eigenvalue weighted by Gasteiger charge is -2.14. The summed E-state index contributed by atoms with van der Waals surface area (Å²) < 4.78 is 11.9. The van der Waals surface area contributed by atoms with Crippen LogP contribution in [0.4, 0.5) is 0 Å². The van der Waals surface area contributed by atoms with E-state index in [0.717, 1.165) is 11.1 Å². The molecule has 0 radical (unpaired) electrons. The molecule has 0 spiro atoms. The lowest BCUT2D eigenvalue weighted by molar-refractivity contribution is -0.134. The van der Waals surface area contributed by atoms with Crippen LogP contribution in [0, 0.1) is 6.92 Å². The van der Waals surface area contributed by atoms with Gasteiger partial charge in [-0.15, -0.1) is 0 Å². The van der Waals surface area contributed by atoms with Crippen molar-refractivity contribution >= 4 is 33.9 Å². The van der Waals surface area contributed by atoms with Crippen LogP contribution in [0.5, 0.6) is 11.5 Å². The molecule has 0 heterocycles. The SMILES string of the molecule is COc1cc(/C=C(/NC(C)=O)C(=O)O)cc(Br)c1OCc1cccc(C)c1. The molecule has 0 unspecified atom stereocenters. The molecule has 0 aromatic heterocycles. The van der Waals surface area contributed by atoms with Gasteiger partial charge in [0.1, 0.15) is 12.3 Å². The van der Waals surface area contributed by atoms with Gasteiger partial charge in [-0.2, -0.15) is 0 Å². The van der Waals surface area contributed by atoms with Gasteiger partial charge in [0.05, 0.1) is 11.6 Å². The van der Waals surface area contributed by atoms with Gasteiger partial charge < -0.3 is 19.9 Å². The largest absolute Gasteiger partial charge is 0.493 e. The topological polar surface area (TPSA) is 84.9 Å². The molecule has 2 aromatic carbocycles. The van der Waals surface area contributed by atoms with Crippen molar-refractivity contribution in [3.05, 3.63) is 63.3 Å². The van der Waals surface area contributed by atoms with E-state index in [4.69, 9.17) is 9.47 Å². The van der Waals surface area contributed by atoms with Crippen molar-refractivity contribution in [1.82, 2.24) is 5.32 Å². The second-order valence-electron chi connectivity index (χ2n) is 5.86. The number of ether oxygens (including phenoxy) is 2. The van der Waals surface area contributed by atoms with Crippen LogP contribution in [0.25, 0.3) is 6.08 Å². The Balaban J connectivity index is 2.30. The minimum Gasteiger partial charge on any atom is -0.493 e. The second kappa shape index (κ2) is 9.23. The van der Waals surface area contributed by atoms with E-state index in [9.17, 15) is 14.7 Å². The Morgan fingerprint density at radius 1 is 1.26 bits per heavy atom. The Hall–Kier alpha value is -2.80. The number of hydrogen-bond acceptors (Lipinski definition) is 4. The number of benzene rings is 2. The molecule has 0 atom stereocenters. The predicted octanol–water partition coefficient (Wildman–Crippen LogP) is 3.91. The minimum absolute atomic E-state index is 0.232. The number of amides is 1. The number of carbonyl (C=O) groups is 2. The van der Waals surface area contributed by atoms with E-state index in [1.807, 2.05) is 31.2 Å². The Morgan fingerprint density at radius 3 is 2.59 bits per heavy atom. The smallest absolute Gasteiger partial charge is 0.352 e. The molecular formula is C20H20BrNO5. The highest BCUT2D eigenvalue weighted by Crippen LogP contribution is 2.37.